The molecule has 0 saturated heterocycles. The summed E-state index contributed by atoms with van der Waals surface area (Å²) in [7, 11) is 0. The van der Waals surface area contributed by atoms with Crippen molar-refractivity contribution in [2.24, 2.45) is 35.5 Å². The van der Waals surface area contributed by atoms with Crippen LogP contribution in [0.1, 0.15) is 64.6 Å². The van der Waals surface area contributed by atoms with E-state index in [0.717, 1.165) is 43.5 Å². The summed E-state index contributed by atoms with van der Waals surface area (Å²) >= 11 is 0. The van der Waals surface area contributed by atoms with Crippen LogP contribution in [-0.4, -0.2) is 28.1 Å². The Labute approximate surface area is 169 Å². The first kappa shape index (κ1) is 19.9. The zero-order valence-electron chi connectivity index (χ0n) is 17.8. The van der Waals surface area contributed by atoms with E-state index in [9.17, 15) is 9.90 Å². The van der Waals surface area contributed by atoms with Gasteiger partial charge in [-0.1, -0.05) is 27.7 Å². The van der Waals surface area contributed by atoms with Gasteiger partial charge in [-0.25, -0.2) is 0 Å². The van der Waals surface area contributed by atoms with Gasteiger partial charge in [0, 0.05) is 18.0 Å². The van der Waals surface area contributed by atoms with E-state index in [4.69, 9.17) is 9.72 Å². The summed E-state index contributed by atoms with van der Waals surface area (Å²) in [5.74, 6) is 3.77. The second kappa shape index (κ2) is 7.44. The third-order valence-corrected chi connectivity index (χ3v) is 7.52. The standard InChI is InChI=1S/C24H35NO3/c1-14(2)7-8-28-18-9-16-5-6-21(26)23-19(10-20(16)25-13-18)22(23)17-11-24(27,12-17)15(3)4/h9,13-15,17,19,22-23,27H,5-8,10-12H2,1-4H3/t17-,19?,22?,23?,24-. The van der Waals surface area contributed by atoms with Gasteiger partial charge in [-0.2, -0.15) is 0 Å². The topological polar surface area (TPSA) is 59.4 Å². The number of fused-ring (bicyclic) bond motifs is 2. The van der Waals surface area contributed by atoms with Crippen LogP contribution < -0.4 is 4.74 Å². The van der Waals surface area contributed by atoms with Crippen molar-refractivity contribution in [3.05, 3.63) is 23.5 Å². The maximum Gasteiger partial charge on any atom is 0.137 e. The van der Waals surface area contributed by atoms with E-state index in [2.05, 4.69) is 33.8 Å². The predicted octanol–water partition coefficient (Wildman–Crippen LogP) is 4.22. The second-order valence-electron chi connectivity index (χ2n) is 10.2. The molecule has 0 bridgehead atoms. The molecule has 2 fully saturated rings. The van der Waals surface area contributed by atoms with Crippen molar-refractivity contribution in [3.8, 4) is 5.75 Å². The molecule has 154 valence electrons. The van der Waals surface area contributed by atoms with Crippen molar-refractivity contribution in [1.82, 2.24) is 4.98 Å². The normalized spacial score (nSPS) is 34.3. The van der Waals surface area contributed by atoms with Crippen LogP contribution in [0.4, 0.5) is 0 Å². The van der Waals surface area contributed by atoms with Crippen LogP contribution in [0.5, 0.6) is 5.75 Å². The molecule has 0 aliphatic heterocycles. The van der Waals surface area contributed by atoms with Crippen molar-refractivity contribution in [2.75, 3.05) is 6.61 Å². The Morgan fingerprint density at radius 1 is 1.25 bits per heavy atom. The molecule has 1 N–H and O–H groups in total. The third-order valence-electron chi connectivity index (χ3n) is 7.52. The fourth-order valence-corrected chi connectivity index (χ4v) is 5.41. The van der Waals surface area contributed by atoms with Gasteiger partial charge in [0.05, 0.1) is 18.4 Å². The lowest BCUT2D eigenvalue weighted by atomic mass is 9.63. The first-order valence-corrected chi connectivity index (χ1v) is 11.1. The molecule has 28 heavy (non-hydrogen) atoms. The smallest absolute Gasteiger partial charge is 0.137 e. The van der Waals surface area contributed by atoms with Gasteiger partial charge in [0.25, 0.3) is 0 Å². The van der Waals surface area contributed by atoms with Gasteiger partial charge in [0.1, 0.15) is 11.5 Å². The molecular formula is C24H35NO3. The fraction of sp³-hybridized carbons (Fsp3) is 0.750. The summed E-state index contributed by atoms with van der Waals surface area (Å²) in [6, 6.07) is 2.11. The van der Waals surface area contributed by atoms with Gasteiger partial charge in [0.2, 0.25) is 0 Å². The minimum Gasteiger partial charge on any atom is -0.492 e. The maximum atomic E-state index is 12.8. The average molecular weight is 386 g/mol. The van der Waals surface area contributed by atoms with E-state index in [1.807, 2.05) is 6.20 Å². The molecule has 3 aliphatic carbocycles. The van der Waals surface area contributed by atoms with Crippen molar-refractivity contribution in [3.63, 3.8) is 0 Å². The molecule has 3 atom stereocenters. The Morgan fingerprint density at radius 2 is 2.00 bits per heavy atom. The lowest BCUT2D eigenvalue weighted by Crippen LogP contribution is -2.49. The largest absolute Gasteiger partial charge is 0.492 e. The van der Waals surface area contributed by atoms with E-state index >= 15 is 0 Å². The van der Waals surface area contributed by atoms with Gasteiger partial charge in [0.15, 0.2) is 0 Å². The highest BCUT2D eigenvalue weighted by Gasteiger charge is 2.62. The highest BCUT2D eigenvalue weighted by molar-refractivity contribution is 5.85. The molecule has 0 aromatic carbocycles. The summed E-state index contributed by atoms with van der Waals surface area (Å²) in [4.78, 5) is 17.5. The van der Waals surface area contributed by atoms with Crippen LogP contribution in [0.25, 0.3) is 0 Å². The number of aryl methyl sites for hydroxylation is 1. The number of Topliss-reactive ketones (excluding diaryl/α,β-unsaturated/α-hetero) is 1. The molecular weight excluding hydrogens is 350 g/mol. The number of ether oxygens (including phenoxy) is 1. The highest BCUT2D eigenvalue weighted by Crippen LogP contribution is 2.62. The first-order valence-electron chi connectivity index (χ1n) is 11.1. The van der Waals surface area contributed by atoms with Gasteiger partial charge in [-0.3, -0.25) is 9.78 Å². The van der Waals surface area contributed by atoms with Crippen LogP contribution >= 0.6 is 0 Å². The summed E-state index contributed by atoms with van der Waals surface area (Å²) in [5.41, 5.74) is 1.83. The molecule has 1 aromatic heterocycles. The zero-order valence-corrected chi connectivity index (χ0v) is 17.8. The molecule has 4 nitrogen and oxygen atoms in total. The number of ketones is 1. The van der Waals surface area contributed by atoms with Crippen molar-refractivity contribution in [2.45, 2.75) is 71.8 Å². The van der Waals surface area contributed by atoms with E-state index in [1.165, 1.54) is 5.56 Å². The van der Waals surface area contributed by atoms with Gasteiger partial charge in [-0.05, 0) is 73.3 Å². The maximum absolute atomic E-state index is 12.8. The molecule has 4 rings (SSSR count). The quantitative estimate of drug-likeness (QED) is 0.796. The average Bonchev–Trinajstić information content (AvgIpc) is 3.29. The number of rotatable bonds is 6. The van der Waals surface area contributed by atoms with Gasteiger partial charge < -0.3 is 9.84 Å². The Balaban J connectivity index is 1.43. The zero-order chi connectivity index (χ0) is 20.1. The highest BCUT2D eigenvalue weighted by atomic mass is 16.5. The van der Waals surface area contributed by atoms with E-state index < -0.39 is 5.60 Å². The SMILES string of the molecule is CC(C)CCOc1cnc2c(c1)CCC(=O)C1C(C2)C1[C@H]1C[C@@](O)(C(C)C)C1. The third kappa shape index (κ3) is 3.72. The van der Waals surface area contributed by atoms with Crippen LogP contribution in [0.15, 0.2) is 12.3 Å². The summed E-state index contributed by atoms with van der Waals surface area (Å²) in [6.07, 6.45) is 6.90. The predicted molar refractivity (Wildman–Crippen MR) is 109 cm³/mol. The summed E-state index contributed by atoms with van der Waals surface area (Å²) in [6.45, 7) is 9.29. The molecule has 0 amide bonds. The number of nitrogens with zero attached hydrogens (tertiary/aromatic N) is 1. The lowest BCUT2D eigenvalue weighted by Gasteiger charge is -2.47. The first-order chi connectivity index (χ1) is 13.3. The summed E-state index contributed by atoms with van der Waals surface area (Å²) < 4.78 is 5.88. The van der Waals surface area contributed by atoms with E-state index in [0.29, 0.717) is 48.4 Å². The number of pyridine rings is 1. The number of carbonyl (C=O) groups is 1. The minimum absolute atomic E-state index is 0.207. The van der Waals surface area contributed by atoms with Crippen LogP contribution in [0, 0.1) is 35.5 Å². The van der Waals surface area contributed by atoms with Crippen LogP contribution in [0.3, 0.4) is 0 Å². The van der Waals surface area contributed by atoms with Crippen molar-refractivity contribution >= 4 is 5.78 Å². The molecule has 1 aromatic rings. The minimum atomic E-state index is -0.510. The van der Waals surface area contributed by atoms with Gasteiger partial charge >= 0.3 is 0 Å². The van der Waals surface area contributed by atoms with Gasteiger partial charge in [-0.15, -0.1) is 0 Å². The van der Waals surface area contributed by atoms with Crippen LogP contribution in [-0.2, 0) is 17.6 Å². The number of hydrogen-bond acceptors (Lipinski definition) is 4. The van der Waals surface area contributed by atoms with Crippen molar-refractivity contribution in [1.29, 1.82) is 0 Å². The molecule has 0 radical (unpaired) electrons. The monoisotopic (exact) mass is 385 g/mol. The second-order valence-corrected chi connectivity index (χ2v) is 10.2. The van der Waals surface area contributed by atoms with Crippen LogP contribution in [0.2, 0.25) is 0 Å². The molecule has 3 unspecified atom stereocenters. The number of carbonyl (C=O) groups excluding carboxylic acids is 1. The Hall–Kier alpha value is -1.42. The Morgan fingerprint density at radius 3 is 2.68 bits per heavy atom. The van der Waals surface area contributed by atoms with Crippen molar-refractivity contribution < 1.29 is 14.6 Å². The molecule has 2 saturated carbocycles. The number of aromatic nitrogens is 1. The molecule has 1 heterocycles. The number of aliphatic hydroxyl groups is 1. The molecule has 0 spiro atoms. The van der Waals surface area contributed by atoms with E-state index in [1.54, 1.807) is 0 Å². The Bertz CT molecular complexity index is 735. The number of hydrogen-bond donors (Lipinski definition) is 1. The summed E-state index contributed by atoms with van der Waals surface area (Å²) in [5, 5.41) is 10.6. The van der Waals surface area contributed by atoms with E-state index in [-0.39, 0.29) is 5.92 Å². The molecule has 4 heteroatoms. The molecule has 3 aliphatic rings. The lowest BCUT2D eigenvalue weighted by molar-refractivity contribution is -0.125. The fourth-order valence-electron chi connectivity index (χ4n) is 5.41. The Kier molecular flexibility index (Phi) is 5.28.